The van der Waals surface area contributed by atoms with E-state index in [1.807, 2.05) is 6.07 Å². The van der Waals surface area contributed by atoms with Crippen LogP contribution in [0.2, 0.25) is 0 Å². The first kappa shape index (κ1) is 11.9. The standard InChI is InChI=1S/C13H19NO/c1-12(15)9-11-14-10-5-8-13-6-3-2-4-7-13/h2-4,6-7,14H,5,8-11H2,1H3. The fraction of sp³-hybridized carbons (Fsp3) is 0.462. The Balaban J connectivity index is 2.00. The van der Waals surface area contributed by atoms with Gasteiger partial charge in [0, 0.05) is 13.0 Å². The molecule has 0 spiro atoms. The number of Topliss-reactive ketones (excluding diaryl/α,β-unsaturated/α-hetero) is 1. The molecule has 2 nitrogen and oxygen atoms in total. The van der Waals surface area contributed by atoms with Gasteiger partial charge in [-0.3, -0.25) is 4.79 Å². The number of ketones is 1. The molecule has 0 radical (unpaired) electrons. The van der Waals surface area contributed by atoms with E-state index in [0.717, 1.165) is 25.9 Å². The van der Waals surface area contributed by atoms with Gasteiger partial charge < -0.3 is 5.32 Å². The SMILES string of the molecule is CC(=O)CCNCCCc1ccccc1. The van der Waals surface area contributed by atoms with Crippen LogP contribution >= 0.6 is 0 Å². The van der Waals surface area contributed by atoms with Gasteiger partial charge in [0.1, 0.15) is 5.78 Å². The predicted octanol–water partition coefficient (Wildman–Crippen LogP) is 2.19. The van der Waals surface area contributed by atoms with Crippen molar-refractivity contribution >= 4 is 5.78 Å². The molecule has 0 amide bonds. The van der Waals surface area contributed by atoms with Crippen LogP contribution in [0.15, 0.2) is 30.3 Å². The Kier molecular flexibility index (Phi) is 5.71. The highest BCUT2D eigenvalue weighted by molar-refractivity contribution is 5.75. The zero-order valence-electron chi connectivity index (χ0n) is 9.33. The zero-order chi connectivity index (χ0) is 10.9. The Hall–Kier alpha value is -1.15. The van der Waals surface area contributed by atoms with Gasteiger partial charge in [0.25, 0.3) is 0 Å². The Bertz CT molecular complexity index is 282. The van der Waals surface area contributed by atoms with Gasteiger partial charge >= 0.3 is 0 Å². The third kappa shape index (κ3) is 6.02. The molecule has 0 saturated heterocycles. The van der Waals surface area contributed by atoms with Crippen LogP contribution < -0.4 is 5.32 Å². The smallest absolute Gasteiger partial charge is 0.131 e. The first-order chi connectivity index (χ1) is 7.29. The molecular weight excluding hydrogens is 186 g/mol. The lowest BCUT2D eigenvalue weighted by atomic mass is 10.1. The highest BCUT2D eigenvalue weighted by atomic mass is 16.1. The van der Waals surface area contributed by atoms with E-state index < -0.39 is 0 Å². The topological polar surface area (TPSA) is 29.1 Å². The normalized spacial score (nSPS) is 10.2. The second-order valence-electron chi connectivity index (χ2n) is 3.79. The largest absolute Gasteiger partial charge is 0.316 e. The van der Waals surface area contributed by atoms with Crippen molar-refractivity contribution in [3.8, 4) is 0 Å². The Morgan fingerprint density at radius 2 is 1.93 bits per heavy atom. The number of benzene rings is 1. The minimum atomic E-state index is 0.255. The molecule has 1 aromatic carbocycles. The summed E-state index contributed by atoms with van der Waals surface area (Å²) in [6.45, 7) is 3.43. The molecule has 0 aliphatic heterocycles. The highest BCUT2D eigenvalue weighted by Crippen LogP contribution is 2.01. The van der Waals surface area contributed by atoms with Crippen LogP contribution in [0.1, 0.15) is 25.3 Å². The van der Waals surface area contributed by atoms with E-state index in [4.69, 9.17) is 0 Å². The lowest BCUT2D eigenvalue weighted by Gasteiger charge is -2.03. The first-order valence-corrected chi connectivity index (χ1v) is 5.53. The van der Waals surface area contributed by atoms with Crippen LogP contribution in [-0.4, -0.2) is 18.9 Å². The van der Waals surface area contributed by atoms with Gasteiger partial charge in [-0.1, -0.05) is 30.3 Å². The lowest BCUT2D eigenvalue weighted by molar-refractivity contribution is -0.116. The average Bonchev–Trinajstić information content (AvgIpc) is 2.24. The number of carbonyl (C=O) groups is 1. The third-order valence-corrected chi connectivity index (χ3v) is 2.32. The molecule has 0 heterocycles. The van der Waals surface area contributed by atoms with E-state index in [9.17, 15) is 4.79 Å². The van der Waals surface area contributed by atoms with Crippen molar-refractivity contribution in [1.29, 1.82) is 0 Å². The molecule has 2 heteroatoms. The van der Waals surface area contributed by atoms with Gasteiger partial charge in [-0.05, 0) is 31.9 Å². The summed E-state index contributed by atoms with van der Waals surface area (Å²) in [4.78, 5) is 10.7. The molecule has 0 unspecified atom stereocenters. The number of carbonyl (C=O) groups excluding carboxylic acids is 1. The van der Waals surface area contributed by atoms with Crippen LogP contribution in [0.5, 0.6) is 0 Å². The molecule has 0 fully saturated rings. The Morgan fingerprint density at radius 3 is 2.60 bits per heavy atom. The predicted molar refractivity (Wildman–Crippen MR) is 62.9 cm³/mol. The fourth-order valence-electron chi connectivity index (χ4n) is 1.45. The summed E-state index contributed by atoms with van der Waals surface area (Å²) in [6.07, 6.45) is 2.88. The fourth-order valence-corrected chi connectivity index (χ4v) is 1.45. The summed E-state index contributed by atoms with van der Waals surface area (Å²) in [6, 6.07) is 10.5. The quantitative estimate of drug-likeness (QED) is 0.691. The van der Waals surface area contributed by atoms with Crippen molar-refractivity contribution in [3.05, 3.63) is 35.9 Å². The van der Waals surface area contributed by atoms with Crippen molar-refractivity contribution in [2.45, 2.75) is 26.2 Å². The van der Waals surface area contributed by atoms with E-state index in [0.29, 0.717) is 6.42 Å². The summed E-state index contributed by atoms with van der Waals surface area (Å²) in [5.41, 5.74) is 1.38. The maximum atomic E-state index is 10.7. The number of hydrogen-bond acceptors (Lipinski definition) is 2. The van der Waals surface area contributed by atoms with Crippen molar-refractivity contribution in [2.75, 3.05) is 13.1 Å². The molecule has 0 aliphatic carbocycles. The number of hydrogen-bond donors (Lipinski definition) is 1. The summed E-state index contributed by atoms with van der Waals surface area (Å²) in [5, 5.41) is 3.27. The molecule has 0 bridgehead atoms. The summed E-state index contributed by atoms with van der Waals surface area (Å²) in [7, 11) is 0. The Morgan fingerprint density at radius 1 is 1.20 bits per heavy atom. The molecular formula is C13H19NO. The summed E-state index contributed by atoms with van der Waals surface area (Å²) in [5.74, 6) is 0.255. The molecule has 1 N–H and O–H groups in total. The number of nitrogens with one attached hydrogen (secondary N) is 1. The summed E-state index contributed by atoms with van der Waals surface area (Å²) >= 11 is 0. The minimum Gasteiger partial charge on any atom is -0.316 e. The molecule has 0 saturated carbocycles. The summed E-state index contributed by atoms with van der Waals surface area (Å²) < 4.78 is 0. The molecule has 1 aromatic rings. The second-order valence-corrected chi connectivity index (χ2v) is 3.79. The van der Waals surface area contributed by atoms with Crippen molar-refractivity contribution < 1.29 is 4.79 Å². The molecule has 0 aliphatic rings. The zero-order valence-corrected chi connectivity index (χ0v) is 9.33. The monoisotopic (exact) mass is 205 g/mol. The third-order valence-electron chi connectivity index (χ3n) is 2.32. The highest BCUT2D eigenvalue weighted by Gasteiger charge is 1.93. The van der Waals surface area contributed by atoms with Crippen molar-refractivity contribution in [2.24, 2.45) is 0 Å². The van der Waals surface area contributed by atoms with E-state index in [1.54, 1.807) is 6.92 Å². The van der Waals surface area contributed by atoms with E-state index >= 15 is 0 Å². The van der Waals surface area contributed by atoms with Crippen LogP contribution in [0, 0.1) is 0 Å². The van der Waals surface area contributed by atoms with Crippen molar-refractivity contribution in [3.63, 3.8) is 0 Å². The molecule has 0 aromatic heterocycles. The van der Waals surface area contributed by atoms with Gasteiger partial charge in [0.05, 0.1) is 0 Å². The molecule has 1 rings (SSSR count). The van der Waals surface area contributed by atoms with Crippen LogP contribution in [0.25, 0.3) is 0 Å². The van der Waals surface area contributed by atoms with Gasteiger partial charge in [-0.15, -0.1) is 0 Å². The van der Waals surface area contributed by atoms with Crippen molar-refractivity contribution in [1.82, 2.24) is 5.32 Å². The number of aryl methyl sites for hydroxylation is 1. The van der Waals surface area contributed by atoms with E-state index in [2.05, 4.69) is 29.6 Å². The number of rotatable bonds is 7. The maximum Gasteiger partial charge on any atom is 0.131 e. The van der Waals surface area contributed by atoms with Gasteiger partial charge in [0.2, 0.25) is 0 Å². The van der Waals surface area contributed by atoms with E-state index in [1.165, 1.54) is 5.56 Å². The first-order valence-electron chi connectivity index (χ1n) is 5.53. The van der Waals surface area contributed by atoms with Gasteiger partial charge in [-0.25, -0.2) is 0 Å². The van der Waals surface area contributed by atoms with E-state index in [-0.39, 0.29) is 5.78 Å². The lowest BCUT2D eigenvalue weighted by Crippen LogP contribution is -2.19. The van der Waals surface area contributed by atoms with Crippen LogP contribution in [0.3, 0.4) is 0 Å². The second kappa shape index (κ2) is 7.18. The van der Waals surface area contributed by atoms with Crippen LogP contribution in [-0.2, 0) is 11.2 Å². The minimum absolute atomic E-state index is 0.255. The van der Waals surface area contributed by atoms with Gasteiger partial charge in [-0.2, -0.15) is 0 Å². The average molecular weight is 205 g/mol. The Labute approximate surface area is 91.7 Å². The molecule has 15 heavy (non-hydrogen) atoms. The molecule has 0 atom stereocenters. The molecule has 82 valence electrons. The van der Waals surface area contributed by atoms with Crippen LogP contribution in [0.4, 0.5) is 0 Å². The maximum absolute atomic E-state index is 10.7. The van der Waals surface area contributed by atoms with Gasteiger partial charge in [0.15, 0.2) is 0 Å².